The Bertz CT molecular complexity index is 959. The quantitative estimate of drug-likeness (QED) is 0.486. The topological polar surface area (TPSA) is 64.0 Å². The van der Waals surface area contributed by atoms with Gasteiger partial charge in [-0.3, -0.25) is 0 Å². The number of carboxylic acid groups (broad SMARTS) is 1. The first-order valence-corrected chi connectivity index (χ1v) is 11.9. The lowest BCUT2D eigenvalue weighted by Crippen LogP contribution is -2.58. The third-order valence-electron chi connectivity index (χ3n) is 6.00. The van der Waals surface area contributed by atoms with Crippen molar-refractivity contribution in [3.05, 3.63) is 46.4 Å². The molecule has 4 rings (SSSR count). The summed E-state index contributed by atoms with van der Waals surface area (Å²) in [5.41, 5.74) is 1.49. The van der Waals surface area contributed by atoms with E-state index in [1.165, 1.54) is 4.90 Å². The number of benzene rings is 2. The van der Waals surface area contributed by atoms with E-state index in [0.29, 0.717) is 29.4 Å². The molecule has 3 unspecified atom stereocenters. The molecule has 3 atom stereocenters. The van der Waals surface area contributed by atoms with Crippen LogP contribution in [0.4, 0.5) is 16.2 Å². The van der Waals surface area contributed by atoms with Crippen molar-refractivity contribution >= 4 is 52.4 Å². The molecular weight excluding hydrogens is 455 g/mol. The Balaban J connectivity index is 1.85. The van der Waals surface area contributed by atoms with E-state index in [0.717, 1.165) is 21.2 Å². The first-order valence-electron chi connectivity index (χ1n) is 10.3. The van der Waals surface area contributed by atoms with Crippen LogP contribution in [0.25, 0.3) is 0 Å². The molecule has 2 N–H and O–H groups in total. The lowest BCUT2D eigenvalue weighted by Gasteiger charge is -2.46. The van der Waals surface area contributed by atoms with Crippen molar-refractivity contribution < 1.29 is 15.0 Å². The second-order valence-corrected chi connectivity index (χ2v) is 11.1. The van der Waals surface area contributed by atoms with E-state index in [1.807, 2.05) is 57.2 Å². The summed E-state index contributed by atoms with van der Waals surface area (Å²) in [6.45, 7) is 6.33. The molecule has 0 aromatic heterocycles. The molecule has 2 aromatic rings. The Kier molecular flexibility index (Phi) is 6.12. The SMILES string of the molecule is CC(C)(C)C1C(O)C(N2c3ccc(Cl)cc3Sc3cc(Cl)ccc32)CCCN1C(=O)O. The molecule has 1 fully saturated rings. The summed E-state index contributed by atoms with van der Waals surface area (Å²) in [5, 5.41) is 22.8. The number of rotatable bonds is 1. The number of nitrogens with zero attached hydrogens (tertiary/aromatic N) is 2. The van der Waals surface area contributed by atoms with E-state index < -0.39 is 23.7 Å². The van der Waals surface area contributed by atoms with Crippen LogP contribution in [0.15, 0.2) is 46.2 Å². The first kappa shape index (κ1) is 22.6. The molecule has 8 heteroatoms. The highest BCUT2D eigenvalue weighted by Gasteiger charge is 2.46. The number of anilines is 2. The zero-order chi connectivity index (χ0) is 22.5. The summed E-state index contributed by atoms with van der Waals surface area (Å²) in [5.74, 6) is 0. The number of aliphatic hydroxyl groups is 1. The highest BCUT2D eigenvalue weighted by atomic mass is 35.5. The van der Waals surface area contributed by atoms with Gasteiger partial charge in [0.2, 0.25) is 0 Å². The number of aliphatic hydroxyl groups excluding tert-OH is 1. The van der Waals surface area contributed by atoms with Crippen LogP contribution in [-0.2, 0) is 0 Å². The molecule has 2 aliphatic heterocycles. The molecule has 2 aliphatic rings. The first-order chi connectivity index (χ1) is 14.6. The molecule has 5 nitrogen and oxygen atoms in total. The van der Waals surface area contributed by atoms with Crippen LogP contribution in [0, 0.1) is 5.41 Å². The van der Waals surface area contributed by atoms with Gasteiger partial charge in [0.15, 0.2) is 0 Å². The van der Waals surface area contributed by atoms with Crippen LogP contribution >= 0.6 is 35.0 Å². The van der Waals surface area contributed by atoms with Crippen molar-refractivity contribution in [1.82, 2.24) is 4.90 Å². The number of likely N-dealkylation sites (tertiary alicyclic amines) is 1. The standard InChI is InChI=1S/C23H26Cl2N2O3S/c1-23(2,3)21-20(28)17(5-4-10-26(21)22(29)30)27-15-8-6-13(24)11-18(15)31-19-12-14(25)7-9-16(19)27/h6-9,11-12,17,20-21,28H,4-5,10H2,1-3H3,(H,29,30). The van der Waals surface area contributed by atoms with Gasteiger partial charge in [0.25, 0.3) is 0 Å². The number of carbonyl (C=O) groups is 1. The summed E-state index contributed by atoms with van der Waals surface area (Å²) < 4.78 is 0. The number of halogens is 2. The molecule has 2 aromatic carbocycles. The number of amides is 1. The van der Waals surface area contributed by atoms with Gasteiger partial charge in [-0.05, 0) is 54.7 Å². The fourth-order valence-corrected chi connectivity index (χ4v) is 6.42. The van der Waals surface area contributed by atoms with Gasteiger partial charge in [0.05, 0.1) is 29.6 Å². The van der Waals surface area contributed by atoms with Crippen LogP contribution in [0.5, 0.6) is 0 Å². The second kappa shape index (κ2) is 8.39. The number of hydrogen-bond donors (Lipinski definition) is 2. The summed E-state index contributed by atoms with van der Waals surface area (Å²) in [4.78, 5) is 17.6. The molecule has 1 amide bonds. The Hall–Kier alpha value is -1.60. The Labute approximate surface area is 196 Å². The molecule has 0 radical (unpaired) electrons. The minimum Gasteiger partial charge on any atom is -0.465 e. The Morgan fingerprint density at radius 3 is 2.10 bits per heavy atom. The van der Waals surface area contributed by atoms with Crippen LogP contribution in [0.1, 0.15) is 33.6 Å². The molecule has 166 valence electrons. The summed E-state index contributed by atoms with van der Waals surface area (Å²) in [6.07, 6.45) is -0.551. The summed E-state index contributed by atoms with van der Waals surface area (Å²) >= 11 is 14.2. The van der Waals surface area contributed by atoms with Crippen LogP contribution in [0.3, 0.4) is 0 Å². The van der Waals surface area contributed by atoms with Gasteiger partial charge in [0.1, 0.15) is 0 Å². The average Bonchev–Trinajstić information content (AvgIpc) is 2.84. The largest absolute Gasteiger partial charge is 0.465 e. The van der Waals surface area contributed by atoms with Crippen molar-refractivity contribution in [3.63, 3.8) is 0 Å². The molecule has 0 aliphatic carbocycles. The zero-order valence-electron chi connectivity index (χ0n) is 17.7. The van der Waals surface area contributed by atoms with Crippen molar-refractivity contribution in [2.75, 3.05) is 11.4 Å². The van der Waals surface area contributed by atoms with Crippen LogP contribution < -0.4 is 4.90 Å². The lowest BCUT2D eigenvalue weighted by atomic mass is 9.80. The molecule has 31 heavy (non-hydrogen) atoms. The summed E-state index contributed by atoms with van der Waals surface area (Å²) in [6, 6.07) is 10.7. The predicted molar refractivity (Wildman–Crippen MR) is 126 cm³/mol. The summed E-state index contributed by atoms with van der Waals surface area (Å²) in [7, 11) is 0. The molecule has 0 spiro atoms. The molecule has 1 saturated heterocycles. The van der Waals surface area contributed by atoms with Crippen LogP contribution in [0.2, 0.25) is 10.0 Å². The maximum Gasteiger partial charge on any atom is 0.407 e. The van der Waals surface area contributed by atoms with Gasteiger partial charge in [0, 0.05) is 26.4 Å². The highest BCUT2D eigenvalue weighted by Crippen LogP contribution is 2.52. The van der Waals surface area contributed by atoms with Crippen molar-refractivity contribution in [3.8, 4) is 0 Å². The van der Waals surface area contributed by atoms with Gasteiger partial charge < -0.3 is 20.0 Å². The zero-order valence-corrected chi connectivity index (χ0v) is 20.0. The Morgan fingerprint density at radius 2 is 1.61 bits per heavy atom. The second-order valence-electron chi connectivity index (χ2n) is 9.18. The Morgan fingerprint density at radius 1 is 1.06 bits per heavy atom. The van der Waals surface area contributed by atoms with Crippen molar-refractivity contribution in [2.45, 2.75) is 61.6 Å². The van der Waals surface area contributed by atoms with E-state index in [-0.39, 0.29) is 6.04 Å². The number of fused-ring (bicyclic) bond motifs is 2. The van der Waals surface area contributed by atoms with E-state index in [1.54, 1.807) is 11.8 Å². The maximum absolute atomic E-state index is 12.0. The minimum atomic E-state index is -0.992. The van der Waals surface area contributed by atoms with Gasteiger partial charge in [-0.1, -0.05) is 55.7 Å². The third-order valence-corrected chi connectivity index (χ3v) is 7.56. The van der Waals surface area contributed by atoms with E-state index in [4.69, 9.17) is 23.2 Å². The van der Waals surface area contributed by atoms with E-state index in [2.05, 4.69) is 4.90 Å². The van der Waals surface area contributed by atoms with E-state index in [9.17, 15) is 15.0 Å². The fraction of sp³-hybridized carbons (Fsp3) is 0.435. The van der Waals surface area contributed by atoms with Gasteiger partial charge in [-0.25, -0.2) is 4.79 Å². The maximum atomic E-state index is 12.0. The molecule has 0 bridgehead atoms. The van der Waals surface area contributed by atoms with Crippen molar-refractivity contribution in [2.24, 2.45) is 5.41 Å². The van der Waals surface area contributed by atoms with Gasteiger partial charge in [-0.15, -0.1) is 0 Å². The molecule has 2 heterocycles. The fourth-order valence-electron chi connectivity index (χ4n) is 4.79. The monoisotopic (exact) mass is 480 g/mol. The predicted octanol–water partition coefficient (Wildman–Crippen LogP) is 6.51. The average molecular weight is 481 g/mol. The smallest absolute Gasteiger partial charge is 0.407 e. The minimum absolute atomic E-state index is 0.297. The number of hydrogen-bond acceptors (Lipinski definition) is 4. The third kappa shape index (κ3) is 4.23. The highest BCUT2D eigenvalue weighted by molar-refractivity contribution is 7.99. The van der Waals surface area contributed by atoms with E-state index >= 15 is 0 Å². The van der Waals surface area contributed by atoms with Gasteiger partial charge in [-0.2, -0.15) is 0 Å². The van der Waals surface area contributed by atoms with Crippen molar-refractivity contribution in [1.29, 1.82) is 0 Å². The normalized spacial score (nSPS) is 23.7. The lowest BCUT2D eigenvalue weighted by molar-refractivity contribution is -0.00361. The molecular formula is C23H26Cl2N2O3S. The van der Waals surface area contributed by atoms with Crippen LogP contribution in [-0.4, -0.2) is 45.9 Å². The van der Waals surface area contributed by atoms with Gasteiger partial charge >= 0.3 is 6.09 Å². The molecule has 0 saturated carbocycles.